The predicted octanol–water partition coefficient (Wildman–Crippen LogP) is 1.69. The predicted molar refractivity (Wildman–Crippen MR) is 54.9 cm³/mol. The lowest BCUT2D eigenvalue weighted by atomic mass is 9.56. The van der Waals surface area contributed by atoms with Gasteiger partial charge in [-0.25, -0.2) is 4.79 Å². The number of carbonyl (C=O) groups excluding carboxylic acids is 1. The Balaban J connectivity index is 0.000000165. The molecule has 0 saturated heterocycles. The van der Waals surface area contributed by atoms with Gasteiger partial charge in [-0.15, -0.1) is 0 Å². The van der Waals surface area contributed by atoms with Crippen molar-refractivity contribution in [3.05, 3.63) is 35.4 Å². The largest absolute Gasteiger partial charge is 0.352 e. The quantitative estimate of drug-likeness (QED) is 0.642. The van der Waals surface area contributed by atoms with E-state index in [1.807, 2.05) is 0 Å². The van der Waals surface area contributed by atoms with E-state index < -0.39 is 6.03 Å². The normalized spacial score (nSPS) is 25.4. The highest BCUT2D eigenvalue weighted by Crippen LogP contribution is 2.59. The van der Waals surface area contributed by atoms with Crippen LogP contribution in [0.25, 0.3) is 0 Å². The fourth-order valence-electron chi connectivity index (χ4n) is 2.33. The van der Waals surface area contributed by atoms with Gasteiger partial charge < -0.3 is 11.5 Å². The van der Waals surface area contributed by atoms with Crippen LogP contribution in [0.15, 0.2) is 24.3 Å². The monoisotopic (exact) mass is 190 g/mol. The summed E-state index contributed by atoms with van der Waals surface area (Å²) in [6.07, 6.45) is 2.89. The molecule has 1 saturated carbocycles. The lowest BCUT2D eigenvalue weighted by Crippen LogP contribution is -2.32. The van der Waals surface area contributed by atoms with Gasteiger partial charge in [-0.3, -0.25) is 0 Å². The second-order valence-electron chi connectivity index (χ2n) is 3.82. The molecule has 14 heavy (non-hydrogen) atoms. The standard InChI is InChI=1S/C10H10.CH4N2O/c1-2-4-8-7(3-1)9-5-6-10(8)9;2-1(3)4/h1-4,9-10H,5-6H2;(H4,2,3,4). The Kier molecular flexibility index (Phi) is 2.15. The SMILES string of the molecule is NC(N)=O.c1ccc2c(c1)C1CCC21. The second kappa shape index (κ2) is 3.33. The molecule has 2 aliphatic carbocycles. The third-order valence-corrected chi connectivity index (χ3v) is 3.07. The molecule has 4 N–H and O–H groups in total. The van der Waals surface area contributed by atoms with E-state index in [-0.39, 0.29) is 0 Å². The molecule has 2 unspecified atom stereocenters. The topological polar surface area (TPSA) is 69.1 Å². The first-order valence-corrected chi connectivity index (χ1v) is 4.84. The minimum Gasteiger partial charge on any atom is -0.352 e. The smallest absolute Gasteiger partial charge is 0.309 e. The number of hydrogen-bond acceptors (Lipinski definition) is 1. The lowest BCUT2D eigenvalue weighted by Gasteiger charge is -2.48. The molecule has 1 aromatic rings. The molecular weight excluding hydrogens is 176 g/mol. The van der Waals surface area contributed by atoms with E-state index in [4.69, 9.17) is 4.79 Å². The summed E-state index contributed by atoms with van der Waals surface area (Å²) < 4.78 is 0. The molecule has 2 aliphatic rings. The molecule has 0 aromatic heterocycles. The summed E-state index contributed by atoms with van der Waals surface area (Å²) in [6.45, 7) is 0. The Labute approximate surface area is 83.1 Å². The van der Waals surface area contributed by atoms with E-state index in [0.29, 0.717) is 0 Å². The van der Waals surface area contributed by atoms with Crippen LogP contribution in [-0.2, 0) is 0 Å². The Hall–Kier alpha value is -1.51. The van der Waals surface area contributed by atoms with Crippen LogP contribution in [0, 0.1) is 0 Å². The Morgan fingerprint density at radius 2 is 1.43 bits per heavy atom. The summed E-state index contributed by atoms with van der Waals surface area (Å²) in [7, 11) is 0. The maximum absolute atomic E-state index is 9.00. The highest BCUT2D eigenvalue weighted by atomic mass is 16.2. The Bertz CT molecular complexity index is 329. The highest BCUT2D eigenvalue weighted by molar-refractivity contribution is 5.69. The zero-order valence-electron chi connectivity index (χ0n) is 7.94. The summed E-state index contributed by atoms with van der Waals surface area (Å²) >= 11 is 0. The van der Waals surface area contributed by atoms with Gasteiger partial charge in [0.05, 0.1) is 0 Å². The van der Waals surface area contributed by atoms with Crippen molar-refractivity contribution < 1.29 is 4.79 Å². The molecule has 0 heterocycles. The van der Waals surface area contributed by atoms with Gasteiger partial charge in [-0.1, -0.05) is 24.3 Å². The summed E-state index contributed by atoms with van der Waals surface area (Å²) in [5, 5.41) is 0. The van der Waals surface area contributed by atoms with Gasteiger partial charge in [0.15, 0.2) is 0 Å². The van der Waals surface area contributed by atoms with Crippen LogP contribution < -0.4 is 11.5 Å². The molecule has 2 atom stereocenters. The van der Waals surface area contributed by atoms with Gasteiger partial charge in [0.2, 0.25) is 0 Å². The third-order valence-electron chi connectivity index (χ3n) is 3.07. The number of amides is 2. The van der Waals surface area contributed by atoms with Crippen LogP contribution in [0.2, 0.25) is 0 Å². The molecule has 3 rings (SSSR count). The molecule has 0 spiro atoms. The Morgan fingerprint density at radius 3 is 1.71 bits per heavy atom. The third kappa shape index (κ3) is 1.35. The van der Waals surface area contributed by atoms with E-state index in [1.54, 1.807) is 11.1 Å². The van der Waals surface area contributed by atoms with Crippen LogP contribution in [0.4, 0.5) is 4.79 Å². The zero-order chi connectivity index (χ0) is 10.1. The van der Waals surface area contributed by atoms with E-state index >= 15 is 0 Å². The molecule has 0 bridgehead atoms. The fourth-order valence-corrected chi connectivity index (χ4v) is 2.33. The number of nitrogens with two attached hydrogens (primary N) is 2. The number of rotatable bonds is 0. The van der Waals surface area contributed by atoms with Crippen molar-refractivity contribution in [2.45, 2.75) is 24.7 Å². The van der Waals surface area contributed by atoms with E-state index in [2.05, 4.69) is 35.7 Å². The molecule has 3 heteroatoms. The summed E-state index contributed by atoms with van der Waals surface area (Å²) in [5.74, 6) is 1.94. The number of benzene rings is 1. The molecule has 1 fully saturated rings. The maximum Gasteiger partial charge on any atom is 0.309 e. The average molecular weight is 190 g/mol. The van der Waals surface area contributed by atoms with Crippen molar-refractivity contribution in [1.29, 1.82) is 0 Å². The number of carbonyl (C=O) groups is 1. The van der Waals surface area contributed by atoms with E-state index in [0.717, 1.165) is 11.8 Å². The molecule has 3 nitrogen and oxygen atoms in total. The van der Waals surface area contributed by atoms with Crippen molar-refractivity contribution >= 4 is 6.03 Å². The van der Waals surface area contributed by atoms with Gasteiger partial charge >= 0.3 is 6.03 Å². The minimum atomic E-state index is -0.833. The van der Waals surface area contributed by atoms with Gasteiger partial charge in [-0.05, 0) is 35.8 Å². The van der Waals surface area contributed by atoms with Crippen molar-refractivity contribution in [3.63, 3.8) is 0 Å². The average Bonchev–Trinajstić information content (AvgIpc) is 2.05. The first-order chi connectivity index (χ1) is 6.70. The fraction of sp³-hybridized carbons (Fsp3) is 0.364. The summed E-state index contributed by atoms with van der Waals surface area (Å²) in [4.78, 5) is 9.00. The van der Waals surface area contributed by atoms with Crippen LogP contribution in [0.5, 0.6) is 0 Å². The molecule has 0 aliphatic heterocycles. The lowest BCUT2D eigenvalue weighted by molar-refractivity contribution is 0.256. The molecular formula is C11H14N2O. The molecule has 1 aromatic carbocycles. The van der Waals surface area contributed by atoms with Gasteiger partial charge in [0, 0.05) is 0 Å². The van der Waals surface area contributed by atoms with Crippen molar-refractivity contribution in [3.8, 4) is 0 Å². The van der Waals surface area contributed by atoms with Gasteiger partial charge in [0.1, 0.15) is 0 Å². The van der Waals surface area contributed by atoms with Gasteiger partial charge in [-0.2, -0.15) is 0 Å². The summed E-state index contributed by atoms with van der Waals surface area (Å²) in [6, 6.07) is 8.06. The van der Waals surface area contributed by atoms with E-state index in [1.165, 1.54) is 12.8 Å². The number of primary amides is 2. The summed E-state index contributed by atoms with van der Waals surface area (Å²) in [5.41, 5.74) is 11.8. The van der Waals surface area contributed by atoms with Crippen LogP contribution >= 0.6 is 0 Å². The molecule has 2 amide bonds. The van der Waals surface area contributed by atoms with E-state index in [9.17, 15) is 0 Å². The van der Waals surface area contributed by atoms with Crippen LogP contribution in [0.1, 0.15) is 35.8 Å². The number of urea groups is 1. The Morgan fingerprint density at radius 1 is 1.07 bits per heavy atom. The van der Waals surface area contributed by atoms with Crippen molar-refractivity contribution in [2.75, 3.05) is 0 Å². The van der Waals surface area contributed by atoms with Gasteiger partial charge in [0.25, 0.3) is 0 Å². The number of hydrogen-bond donors (Lipinski definition) is 2. The van der Waals surface area contributed by atoms with Crippen LogP contribution in [0.3, 0.4) is 0 Å². The molecule has 0 radical (unpaired) electrons. The van der Waals surface area contributed by atoms with Crippen molar-refractivity contribution in [1.82, 2.24) is 0 Å². The second-order valence-corrected chi connectivity index (χ2v) is 3.82. The minimum absolute atomic E-state index is 0.833. The van der Waals surface area contributed by atoms with Crippen LogP contribution in [-0.4, -0.2) is 6.03 Å². The van der Waals surface area contributed by atoms with Crippen molar-refractivity contribution in [2.24, 2.45) is 11.5 Å². The number of fused-ring (bicyclic) bond motifs is 4. The zero-order valence-corrected chi connectivity index (χ0v) is 7.94. The highest BCUT2D eigenvalue weighted by Gasteiger charge is 2.43. The molecule has 74 valence electrons. The first-order valence-electron chi connectivity index (χ1n) is 4.84. The first kappa shape index (κ1) is 9.06. The maximum atomic E-state index is 9.00.